The normalized spacial score (nSPS) is 14.7. The summed E-state index contributed by atoms with van der Waals surface area (Å²) in [6.45, 7) is 28.5. The van der Waals surface area contributed by atoms with Crippen molar-refractivity contribution in [2.75, 3.05) is 0 Å². The van der Waals surface area contributed by atoms with E-state index >= 15 is 0 Å². The summed E-state index contributed by atoms with van der Waals surface area (Å²) in [6.07, 6.45) is 0. The number of benzene rings is 10. The maximum Gasteiger partial charge on any atom is 0.0540 e. The molecule has 0 amide bonds. The first-order valence-corrected chi connectivity index (χ1v) is 25.8. The highest BCUT2D eigenvalue weighted by molar-refractivity contribution is 6.24. The lowest BCUT2D eigenvalue weighted by Crippen LogP contribution is -2.17. The molecular formula is C70H63N. The minimum Gasteiger partial charge on any atom is -0.314 e. The minimum absolute atomic E-state index is 0.0492. The van der Waals surface area contributed by atoms with Gasteiger partial charge in [-0.2, -0.15) is 0 Å². The number of hydrogen-bond donors (Lipinski definition) is 0. The van der Waals surface area contributed by atoms with E-state index in [4.69, 9.17) is 0 Å². The lowest BCUT2D eigenvalue weighted by atomic mass is 9.74. The van der Waals surface area contributed by atoms with Crippen molar-refractivity contribution in [2.45, 2.75) is 105 Å². The minimum atomic E-state index is -0.126. The zero-order valence-electron chi connectivity index (χ0n) is 43.5. The second kappa shape index (κ2) is 14.7. The zero-order valence-corrected chi connectivity index (χ0v) is 43.5. The lowest BCUT2D eigenvalue weighted by Gasteiger charge is -2.30. The van der Waals surface area contributed by atoms with Gasteiger partial charge >= 0.3 is 0 Å². The van der Waals surface area contributed by atoms with Gasteiger partial charge in [-0.25, -0.2) is 0 Å². The van der Waals surface area contributed by atoms with Crippen LogP contribution in [0.3, 0.4) is 0 Å². The number of aryl methyl sites for hydroxylation is 1. The zero-order chi connectivity index (χ0) is 49.3. The molecule has 2 aliphatic rings. The highest BCUT2D eigenvalue weighted by atomic mass is 15.0. The molecule has 2 aliphatic carbocycles. The van der Waals surface area contributed by atoms with Crippen LogP contribution in [0.1, 0.15) is 114 Å². The Morgan fingerprint density at radius 3 is 1.28 bits per heavy atom. The number of hydrogen-bond acceptors (Lipinski definition) is 0. The molecule has 0 aliphatic heterocycles. The molecule has 0 radical (unpaired) electrons. The second-order valence-corrected chi connectivity index (χ2v) is 24.1. The molecule has 0 bridgehead atoms. The largest absolute Gasteiger partial charge is 0.314 e. The van der Waals surface area contributed by atoms with Crippen molar-refractivity contribution in [1.82, 2.24) is 4.57 Å². The highest BCUT2D eigenvalue weighted by Gasteiger charge is 2.37. The van der Waals surface area contributed by atoms with E-state index in [0.717, 1.165) is 0 Å². The van der Waals surface area contributed by atoms with E-state index < -0.39 is 0 Å². The average molecular weight is 918 g/mol. The molecule has 0 saturated carbocycles. The maximum atomic E-state index is 2.57. The molecule has 0 saturated heterocycles. The van der Waals surface area contributed by atoms with E-state index in [9.17, 15) is 0 Å². The van der Waals surface area contributed by atoms with Crippen LogP contribution in [0.15, 0.2) is 164 Å². The van der Waals surface area contributed by atoms with Crippen molar-refractivity contribution in [3.05, 3.63) is 208 Å². The summed E-state index contributed by atoms with van der Waals surface area (Å²) >= 11 is 0. The van der Waals surface area contributed by atoms with Gasteiger partial charge in [0.05, 0.1) is 5.52 Å². The van der Waals surface area contributed by atoms with Crippen LogP contribution >= 0.6 is 0 Å². The molecule has 1 aromatic heterocycles. The van der Waals surface area contributed by atoms with Crippen LogP contribution in [0.2, 0.25) is 0 Å². The number of rotatable bonds is 3. The van der Waals surface area contributed by atoms with Crippen molar-refractivity contribution >= 4 is 54.0 Å². The molecule has 11 aromatic rings. The standard InChI is InChI=1S/C70H63N/c1-40-41(2)71(44-31-34-53-57(37-44)66(68(6,7)8)52-26-16-15-25-51(52)65(53)67(3,4)5)62-39-56-55(38-54(40)62)63(42-29-32-47-45-21-17-19-27-58(45)69(9,10)60(47)35-42)49-23-13-14-24-50(49)64(56)43-30-33-48-46-22-18-20-28-59(46)70(11,12)61(48)36-43/h13-39H,1-12H3. The molecule has 0 atom stereocenters. The molecule has 348 valence electrons. The van der Waals surface area contributed by atoms with Gasteiger partial charge in [-0.3, -0.25) is 0 Å². The first kappa shape index (κ1) is 43.8. The van der Waals surface area contributed by atoms with Gasteiger partial charge < -0.3 is 4.57 Å². The lowest BCUT2D eigenvalue weighted by molar-refractivity contribution is 0.593. The molecule has 1 heteroatoms. The summed E-state index contributed by atoms with van der Waals surface area (Å²) in [5.41, 5.74) is 23.6. The SMILES string of the molecule is Cc1c(C)n(-c2ccc3c(C(C)(C)C)c4ccccc4c(C(C)(C)C)c3c2)c2cc3c(-c4ccc5c(c4)C(C)(C)c4ccccc4-5)c4ccccc4c(-c4ccc5c(c4)C(C)(C)c4ccccc4-5)c3cc12. The van der Waals surface area contributed by atoms with Gasteiger partial charge in [-0.05, 0) is 188 Å². The fraction of sp³-hybridized carbons (Fsp3) is 0.229. The van der Waals surface area contributed by atoms with Gasteiger partial charge in [-0.15, -0.1) is 0 Å². The predicted molar refractivity (Wildman–Crippen MR) is 306 cm³/mol. The van der Waals surface area contributed by atoms with E-state index in [1.54, 1.807) is 0 Å². The van der Waals surface area contributed by atoms with E-state index in [1.165, 1.54) is 149 Å². The fourth-order valence-corrected chi connectivity index (χ4v) is 13.8. The highest BCUT2D eigenvalue weighted by Crippen LogP contribution is 2.54. The van der Waals surface area contributed by atoms with Crippen LogP contribution in [0.4, 0.5) is 0 Å². The van der Waals surface area contributed by atoms with Crippen molar-refractivity contribution < 1.29 is 0 Å². The second-order valence-electron chi connectivity index (χ2n) is 24.1. The molecule has 1 nitrogen and oxygen atoms in total. The Hall–Kier alpha value is -7.22. The third-order valence-electron chi connectivity index (χ3n) is 17.2. The molecule has 10 aromatic carbocycles. The van der Waals surface area contributed by atoms with E-state index in [1.807, 2.05) is 0 Å². The van der Waals surface area contributed by atoms with Gasteiger partial charge in [0, 0.05) is 27.6 Å². The van der Waals surface area contributed by atoms with E-state index in [-0.39, 0.29) is 21.7 Å². The summed E-state index contributed by atoms with van der Waals surface area (Å²) in [6, 6.07) is 63.5. The monoisotopic (exact) mass is 917 g/mol. The third-order valence-corrected chi connectivity index (χ3v) is 17.2. The van der Waals surface area contributed by atoms with Gasteiger partial charge in [-0.1, -0.05) is 197 Å². The van der Waals surface area contributed by atoms with Crippen molar-refractivity contribution in [2.24, 2.45) is 0 Å². The van der Waals surface area contributed by atoms with Gasteiger partial charge in [0.15, 0.2) is 0 Å². The number of nitrogens with zero attached hydrogens (tertiary/aromatic N) is 1. The molecule has 0 fully saturated rings. The molecule has 0 unspecified atom stereocenters. The van der Waals surface area contributed by atoms with Crippen molar-refractivity contribution in [3.63, 3.8) is 0 Å². The Morgan fingerprint density at radius 1 is 0.352 bits per heavy atom. The predicted octanol–water partition coefficient (Wildman–Crippen LogP) is 19.4. The fourth-order valence-electron chi connectivity index (χ4n) is 13.8. The van der Waals surface area contributed by atoms with Crippen LogP contribution in [-0.2, 0) is 21.7 Å². The topological polar surface area (TPSA) is 4.93 Å². The Morgan fingerprint density at radius 2 is 0.775 bits per heavy atom. The Balaban J connectivity index is 1.14. The van der Waals surface area contributed by atoms with Crippen molar-refractivity contribution in [1.29, 1.82) is 0 Å². The summed E-state index contributed by atoms with van der Waals surface area (Å²) in [7, 11) is 0. The quantitative estimate of drug-likeness (QED) is 0.156. The van der Waals surface area contributed by atoms with Crippen LogP contribution in [0, 0.1) is 13.8 Å². The number of aromatic nitrogens is 1. The Labute approximate surface area is 419 Å². The third kappa shape index (κ3) is 6.05. The van der Waals surface area contributed by atoms with E-state index in [2.05, 4.69) is 251 Å². The molecular weight excluding hydrogens is 855 g/mol. The number of fused-ring (bicyclic) bond motifs is 11. The molecule has 1 heterocycles. The first-order chi connectivity index (χ1) is 33.9. The smallest absolute Gasteiger partial charge is 0.0540 e. The molecule has 0 N–H and O–H groups in total. The summed E-state index contributed by atoms with van der Waals surface area (Å²) in [4.78, 5) is 0. The molecule has 71 heavy (non-hydrogen) atoms. The van der Waals surface area contributed by atoms with E-state index in [0.29, 0.717) is 0 Å². The van der Waals surface area contributed by atoms with Crippen LogP contribution in [0.5, 0.6) is 0 Å². The van der Waals surface area contributed by atoms with Crippen LogP contribution < -0.4 is 0 Å². The van der Waals surface area contributed by atoms with Gasteiger partial charge in [0.25, 0.3) is 0 Å². The molecule has 13 rings (SSSR count). The molecule has 0 spiro atoms. The summed E-state index contributed by atoms with van der Waals surface area (Å²) in [5, 5.41) is 11.8. The van der Waals surface area contributed by atoms with Gasteiger partial charge in [0.1, 0.15) is 0 Å². The Bertz CT molecular complexity index is 4130. The first-order valence-electron chi connectivity index (χ1n) is 25.8. The van der Waals surface area contributed by atoms with Crippen molar-refractivity contribution in [3.8, 4) is 50.2 Å². The van der Waals surface area contributed by atoms with Crippen LogP contribution in [-0.4, -0.2) is 4.57 Å². The van der Waals surface area contributed by atoms with Gasteiger partial charge in [0.2, 0.25) is 0 Å². The summed E-state index contributed by atoms with van der Waals surface area (Å²) < 4.78 is 2.57. The summed E-state index contributed by atoms with van der Waals surface area (Å²) in [5.74, 6) is 0. The average Bonchev–Trinajstić information content (AvgIpc) is 3.83. The Kier molecular flexibility index (Phi) is 9.05. The maximum absolute atomic E-state index is 2.57. The van der Waals surface area contributed by atoms with Crippen LogP contribution in [0.25, 0.3) is 104 Å².